The summed E-state index contributed by atoms with van der Waals surface area (Å²) in [6, 6.07) is 21.5. The van der Waals surface area contributed by atoms with E-state index in [0.717, 1.165) is 31.4 Å². The number of amides is 2. The molecule has 31 heavy (non-hydrogen) atoms. The second-order valence-corrected chi connectivity index (χ2v) is 8.75. The molecule has 0 fully saturated rings. The minimum absolute atomic E-state index is 0.105. The van der Waals surface area contributed by atoms with Crippen molar-refractivity contribution in [2.24, 2.45) is 5.73 Å². The van der Waals surface area contributed by atoms with Crippen molar-refractivity contribution in [1.29, 1.82) is 0 Å². The second-order valence-electron chi connectivity index (χ2n) is 6.76. The molecule has 0 aliphatic heterocycles. The van der Waals surface area contributed by atoms with Gasteiger partial charge in [-0.3, -0.25) is 9.59 Å². The van der Waals surface area contributed by atoms with Gasteiger partial charge in [0.15, 0.2) is 0 Å². The Balaban J connectivity index is 1.54. The largest absolute Gasteiger partial charge is 0.370 e. The lowest BCUT2D eigenvalue weighted by Crippen LogP contribution is -2.35. The first-order chi connectivity index (χ1) is 15.1. The highest BCUT2D eigenvalue weighted by molar-refractivity contribution is 8.00. The molecule has 0 unspecified atom stereocenters. The molecule has 2 aromatic heterocycles. The monoisotopic (exact) mass is 448 g/mol. The van der Waals surface area contributed by atoms with Crippen LogP contribution in [0.25, 0.3) is 20.7 Å². The number of thioether (sulfide) groups is 1. The van der Waals surface area contributed by atoms with Crippen LogP contribution in [0, 0.1) is 0 Å². The smallest absolute Gasteiger partial charge is 0.237 e. The third kappa shape index (κ3) is 5.10. The number of benzene rings is 2. The Morgan fingerprint density at radius 1 is 1.00 bits per heavy atom. The maximum absolute atomic E-state index is 13.0. The summed E-state index contributed by atoms with van der Waals surface area (Å²) in [5.74, 6) is -0.357. The quantitative estimate of drug-likeness (QED) is 0.320. The third-order valence-corrected chi connectivity index (χ3v) is 6.72. The number of rotatable bonds is 8. The second kappa shape index (κ2) is 9.72. The number of fused-ring (bicyclic) bond motifs is 1. The molecule has 0 radical (unpaired) electrons. The highest BCUT2D eigenvalue weighted by Crippen LogP contribution is 2.36. The number of anilines is 1. The number of para-hydroxylation sites is 1. The number of hydrogen-bond donors (Lipinski definition) is 1. The summed E-state index contributed by atoms with van der Waals surface area (Å²) < 4.78 is 0. The molecule has 0 saturated carbocycles. The van der Waals surface area contributed by atoms with Crippen molar-refractivity contribution in [3.05, 3.63) is 73.1 Å². The van der Waals surface area contributed by atoms with Gasteiger partial charge in [0.05, 0.1) is 5.75 Å². The minimum atomic E-state index is -0.439. The molecule has 0 aliphatic carbocycles. The fourth-order valence-electron chi connectivity index (χ4n) is 3.13. The van der Waals surface area contributed by atoms with Gasteiger partial charge < -0.3 is 10.6 Å². The van der Waals surface area contributed by atoms with Crippen LogP contribution >= 0.6 is 23.1 Å². The summed E-state index contributed by atoms with van der Waals surface area (Å²) in [5, 5.41) is 1.70. The molecule has 0 spiro atoms. The van der Waals surface area contributed by atoms with E-state index < -0.39 is 5.91 Å². The summed E-state index contributed by atoms with van der Waals surface area (Å²) in [4.78, 5) is 36.7. The molecule has 0 saturated heterocycles. The highest BCUT2D eigenvalue weighted by Gasteiger charge is 2.18. The molecule has 4 aromatic rings. The number of carbonyl (C=O) groups is 2. The van der Waals surface area contributed by atoms with Crippen LogP contribution in [0.4, 0.5) is 5.69 Å². The molecule has 0 atom stereocenters. The predicted molar refractivity (Wildman–Crippen MR) is 126 cm³/mol. The normalized spacial score (nSPS) is 10.8. The first-order valence-corrected chi connectivity index (χ1v) is 11.5. The Hall–Kier alpha value is -3.23. The van der Waals surface area contributed by atoms with Crippen molar-refractivity contribution in [3.63, 3.8) is 0 Å². The van der Waals surface area contributed by atoms with E-state index in [1.807, 2.05) is 48.5 Å². The van der Waals surface area contributed by atoms with Crippen LogP contribution < -0.4 is 10.6 Å². The van der Waals surface area contributed by atoms with Gasteiger partial charge in [0, 0.05) is 28.9 Å². The standard InChI is InChI=1S/C23H20N4O2S2/c24-20(28)11-12-27(17-9-5-2-6-10-17)21(29)14-30-22-18-13-19(16-7-3-1-4-8-16)31-23(18)26-15-25-22/h1-10,13,15H,11-12,14H2,(H2,24,28). The predicted octanol–water partition coefficient (Wildman–Crippen LogP) is 4.36. The van der Waals surface area contributed by atoms with E-state index in [0.29, 0.717) is 0 Å². The SMILES string of the molecule is NC(=O)CCN(C(=O)CSc1ncnc2sc(-c3ccccc3)cc12)c1ccccc1. The molecule has 156 valence electrons. The van der Waals surface area contributed by atoms with Gasteiger partial charge in [0.2, 0.25) is 11.8 Å². The molecule has 2 heterocycles. The van der Waals surface area contributed by atoms with Crippen molar-refractivity contribution >= 4 is 50.8 Å². The fourth-order valence-corrected chi connectivity index (χ4v) is 5.05. The van der Waals surface area contributed by atoms with E-state index in [-0.39, 0.29) is 24.6 Å². The topological polar surface area (TPSA) is 89.2 Å². The van der Waals surface area contributed by atoms with Crippen molar-refractivity contribution in [2.45, 2.75) is 11.4 Å². The van der Waals surface area contributed by atoms with Gasteiger partial charge in [-0.1, -0.05) is 60.3 Å². The molecule has 2 aromatic carbocycles. The number of hydrogen-bond acceptors (Lipinski definition) is 6. The molecule has 4 rings (SSSR count). The molecule has 2 N–H and O–H groups in total. The van der Waals surface area contributed by atoms with Crippen LogP contribution in [0.1, 0.15) is 6.42 Å². The van der Waals surface area contributed by atoms with E-state index in [1.54, 1.807) is 16.2 Å². The summed E-state index contributed by atoms with van der Waals surface area (Å²) in [6.07, 6.45) is 1.64. The van der Waals surface area contributed by atoms with Crippen molar-refractivity contribution in [3.8, 4) is 10.4 Å². The van der Waals surface area contributed by atoms with Gasteiger partial charge in [-0.25, -0.2) is 9.97 Å². The summed E-state index contributed by atoms with van der Waals surface area (Å²) >= 11 is 2.97. The molecular weight excluding hydrogens is 428 g/mol. The van der Waals surface area contributed by atoms with Crippen LogP contribution in [0.3, 0.4) is 0 Å². The van der Waals surface area contributed by atoms with E-state index >= 15 is 0 Å². The average molecular weight is 449 g/mol. The Labute approximate surface area is 188 Å². The number of primary amides is 1. The molecule has 2 amide bonds. The summed E-state index contributed by atoms with van der Waals surface area (Å²) in [6.45, 7) is 0.245. The van der Waals surface area contributed by atoms with Crippen LogP contribution in [-0.4, -0.2) is 34.1 Å². The van der Waals surface area contributed by atoms with Crippen molar-refractivity contribution < 1.29 is 9.59 Å². The van der Waals surface area contributed by atoms with Gasteiger partial charge in [-0.15, -0.1) is 11.3 Å². The summed E-state index contributed by atoms with van der Waals surface area (Å²) in [5.41, 5.74) is 7.16. The fraction of sp³-hybridized carbons (Fsp3) is 0.130. The van der Waals surface area contributed by atoms with Gasteiger partial charge in [-0.2, -0.15) is 0 Å². The minimum Gasteiger partial charge on any atom is -0.370 e. The van der Waals surface area contributed by atoms with E-state index in [4.69, 9.17) is 5.73 Å². The van der Waals surface area contributed by atoms with Gasteiger partial charge in [0.25, 0.3) is 0 Å². The van der Waals surface area contributed by atoms with Crippen LogP contribution in [0.15, 0.2) is 78.1 Å². The van der Waals surface area contributed by atoms with Gasteiger partial charge >= 0.3 is 0 Å². The lowest BCUT2D eigenvalue weighted by Gasteiger charge is -2.22. The molecule has 8 heteroatoms. The molecule has 6 nitrogen and oxygen atoms in total. The van der Waals surface area contributed by atoms with Crippen LogP contribution in [-0.2, 0) is 9.59 Å². The highest BCUT2D eigenvalue weighted by atomic mass is 32.2. The number of carbonyl (C=O) groups excluding carboxylic acids is 2. The Morgan fingerprint density at radius 2 is 1.71 bits per heavy atom. The van der Waals surface area contributed by atoms with Gasteiger partial charge in [-0.05, 0) is 23.8 Å². The number of nitrogens with zero attached hydrogens (tertiary/aromatic N) is 3. The Bertz CT molecular complexity index is 1200. The van der Waals surface area contributed by atoms with Crippen LogP contribution in [0.2, 0.25) is 0 Å². The average Bonchev–Trinajstić information content (AvgIpc) is 3.24. The zero-order valence-electron chi connectivity index (χ0n) is 16.6. The van der Waals surface area contributed by atoms with Crippen molar-refractivity contribution in [1.82, 2.24) is 9.97 Å². The van der Waals surface area contributed by atoms with E-state index in [1.165, 1.54) is 18.1 Å². The zero-order valence-corrected chi connectivity index (χ0v) is 18.2. The van der Waals surface area contributed by atoms with E-state index in [2.05, 4.69) is 28.2 Å². The maximum atomic E-state index is 13.0. The Morgan fingerprint density at radius 3 is 2.42 bits per heavy atom. The number of aromatic nitrogens is 2. The molecule has 0 bridgehead atoms. The van der Waals surface area contributed by atoms with E-state index in [9.17, 15) is 9.59 Å². The molecular formula is C23H20N4O2S2. The third-order valence-electron chi connectivity index (χ3n) is 4.63. The maximum Gasteiger partial charge on any atom is 0.237 e. The Kier molecular flexibility index (Phi) is 6.59. The van der Waals surface area contributed by atoms with Gasteiger partial charge in [0.1, 0.15) is 16.2 Å². The number of thiophene rings is 1. The molecule has 0 aliphatic rings. The lowest BCUT2D eigenvalue weighted by atomic mass is 10.2. The lowest BCUT2D eigenvalue weighted by molar-refractivity contribution is -0.118. The first-order valence-electron chi connectivity index (χ1n) is 9.68. The van der Waals surface area contributed by atoms with Crippen LogP contribution in [0.5, 0.6) is 0 Å². The van der Waals surface area contributed by atoms with Crippen molar-refractivity contribution in [2.75, 3.05) is 17.2 Å². The zero-order chi connectivity index (χ0) is 21.6. The summed E-state index contributed by atoms with van der Waals surface area (Å²) in [7, 11) is 0. The number of nitrogens with two attached hydrogens (primary N) is 1. The first kappa shape index (κ1) is 21.0.